The minimum Gasteiger partial charge on any atom is -0.491 e. The second-order valence-corrected chi connectivity index (χ2v) is 6.57. The van der Waals surface area contributed by atoms with E-state index in [1.165, 1.54) is 24.8 Å². The molecule has 1 saturated carbocycles. The van der Waals surface area contributed by atoms with Gasteiger partial charge in [0.1, 0.15) is 5.75 Å². The van der Waals surface area contributed by atoms with E-state index in [0.717, 1.165) is 12.3 Å². The molecule has 1 aliphatic carbocycles. The summed E-state index contributed by atoms with van der Waals surface area (Å²) in [7, 11) is 0. The number of benzene rings is 1. The van der Waals surface area contributed by atoms with E-state index >= 15 is 0 Å². The van der Waals surface area contributed by atoms with Crippen LogP contribution in [0.15, 0.2) is 24.3 Å². The lowest BCUT2D eigenvalue weighted by molar-refractivity contribution is 0.0210. The Balaban J connectivity index is 2.14. The molecule has 21 heavy (non-hydrogen) atoms. The third-order valence-corrected chi connectivity index (χ3v) is 5.28. The summed E-state index contributed by atoms with van der Waals surface area (Å²) in [6.07, 6.45) is 3.99. The summed E-state index contributed by atoms with van der Waals surface area (Å²) in [5.74, 6) is 1.67. The minimum absolute atomic E-state index is 0.239. The molecule has 2 atom stereocenters. The first-order chi connectivity index (χ1) is 10.1. The van der Waals surface area contributed by atoms with E-state index in [4.69, 9.17) is 4.74 Å². The monoisotopic (exact) mass is 289 g/mol. The summed E-state index contributed by atoms with van der Waals surface area (Å²) in [5.41, 5.74) is 1.90. The van der Waals surface area contributed by atoms with Gasteiger partial charge in [0.05, 0.1) is 6.10 Å². The Hall–Kier alpha value is -1.02. The van der Waals surface area contributed by atoms with Crippen molar-refractivity contribution in [1.29, 1.82) is 0 Å². The number of hydrogen-bond donors (Lipinski definition) is 1. The van der Waals surface area contributed by atoms with Gasteiger partial charge in [0, 0.05) is 6.04 Å². The van der Waals surface area contributed by atoms with Crippen molar-refractivity contribution in [2.45, 2.75) is 71.9 Å². The number of hydrogen-bond acceptors (Lipinski definition) is 2. The Morgan fingerprint density at radius 1 is 1.14 bits per heavy atom. The maximum Gasteiger partial charge on any atom is 0.119 e. The van der Waals surface area contributed by atoms with Crippen LogP contribution in [0.5, 0.6) is 5.75 Å². The molecule has 118 valence electrons. The van der Waals surface area contributed by atoms with Gasteiger partial charge in [0.25, 0.3) is 0 Å². The van der Waals surface area contributed by atoms with Crippen LogP contribution in [-0.2, 0) is 0 Å². The summed E-state index contributed by atoms with van der Waals surface area (Å²) in [5, 5.41) is 3.69. The van der Waals surface area contributed by atoms with Crippen LogP contribution in [-0.4, -0.2) is 18.7 Å². The highest BCUT2D eigenvalue weighted by atomic mass is 16.5. The quantitative estimate of drug-likeness (QED) is 0.782. The molecule has 0 amide bonds. The van der Waals surface area contributed by atoms with Gasteiger partial charge >= 0.3 is 0 Å². The number of ether oxygens (including phenoxy) is 1. The SMILES string of the molecule is CCNC1CC(c2ccc(OC(C)C)cc2)C1(CC)CC. The summed E-state index contributed by atoms with van der Waals surface area (Å²) < 4.78 is 5.75. The van der Waals surface area contributed by atoms with E-state index in [2.05, 4.69) is 64.2 Å². The molecule has 1 N–H and O–H groups in total. The highest BCUT2D eigenvalue weighted by Gasteiger charge is 2.52. The first kappa shape index (κ1) is 16.4. The molecular weight excluding hydrogens is 258 g/mol. The molecule has 2 unspecified atom stereocenters. The van der Waals surface area contributed by atoms with Crippen molar-refractivity contribution in [3.63, 3.8) is 0 Å². The Morgan fingerprint density at radius 2 is 1.76 bits per heavy atom. The van der Waals surface area contributed by atoms with Crippen LogP contribution in [0.2, 0.25) is 0 Å². The smallest absolute Gasteiger partial charge is 0.119 e. The van der Waals surface area contributed by atoms with Crippen LogP contribution < -0.4 is 10.1 Å². The van der Waals surface area contributed by atoms with Gasteiger partial charge in [-0.2, -0.15) is 0 Å². The standard InChI is InChI=1S/C19H31NO/c1-6-19(7-2)17(13-18(19)20-8-3)15-9-11-16(12-10-15)21-14(4)5/h9-12,14,17-18,20H,6-8,13H2,1-5H3. The van der Waals surface area contributed by atoms with Crippen molar-refractivity contribution in [1.82, 2.24) is 5.32 Å². The fourth-order valence-electron chi connectivity index (χ4n) is 4.07. The zero-order valence-electron chi connectivity index (χ0n) is 14.3. The maximum atomic E-state index is 5.75. The van der Waals surface area contributed by atoms with Gasteiger partial charge in [-0.15, -0.1) is 0 Å². The average Bonchev–Trinajstić information content (AvgIpc) is 2.45. The predicted molar refractivity (Wildman–Crippen MR) is 90.0 cm³/mol. The Morgan fingerprint density at radius 3 is 2.24 bits per heavy atom. The summed E-state index contributed by atoms with van der Waals surface area (Å²) in [6, 6.07) is 9.47. The van der Waals surface area contributed by atoms with Gasteiger partial charge in [-0.25, -0.2) is 0 Å². The Kier molecular flexibility index (Phi) is 5.32. The summed E-state index contributed by atoms with van der Waals surface area (Å²) in [4.78, 5) is 0. The second kappa shape index (κ2) is 6.83. The summed E-state index contributed by atoms with van der Waals surface area (Å²) in [6.45, 7) is 12.1. The lowest BCUT2D eigenvalue weighted by atomic mass is 9.52. The topological polar surface area (TPSA) is 21.3 Å². The van der Waals surface area contributed by atoms with Gasteiger partial charge in [0.2, 0.25) is 0 Å². The fourth-order valence-corrected chi connectivity index (χ4v) is 4.07. The molecule has 0 saturated heterocycles. The lowest BCUT2D eigenvalue weighted by Crippen LogP contribution is -2.58. The van der Waals surface area contributed by atoms with Crippen LogP contribution in [0.4, 0.5) is 0 Å². The largest absolute Gasteiger partial charge is 0.491 e. The molecule has 1 aliphatic rings. The lowest BCUT2D eigenvalue weighted by Gasteiger charge is -2.56. The zero-order valence-corrected chi connectivity index (χ0v) is 14.3. The van der Waals surface area contributed by atoms with E-state index in [-0.39, 0.29) is 6.10 Å². The van der Waals surface area contributed by atoms with Crippen molar-refractivity contribution < 1.29 is 4.74 Å². The normalized spacial score (nSPS) is 23.9. The van der Waals surface area contributed by atoms with Gasteiger partial charge in [-0.1, -0.05) is 32.9 Å². The molecule has 2 nitrogen and oxygen atoms in total. The first-order valence-corrected chi connectivity index (χ1v) is 8.57. The van der Waals surface area contributed by atoms with Crippen LogP contribution in [0.1, 0.15) is 65.4 Å². The number of nitrogens with one attached hydrogen (secondary N) is 1. The molecule has 0 radical (unpaired) electrons. The highest BCUT2D eigenvalue weighted by molar-refractivity contribution is 5.34. The van der Waals surface area contributed by atoms with Gasteiger partial charge in [-0.05, 0) is 68.7 Å². The van der Waals surface area contributed by atoms with Crippen molar-refractivity contribution in [2.24, 2.45) is 5.41 Å². The van der Waals surface area contributed by atoms with Gasteiger partial charge in [-0.3, -0.25) is 0 Å². The van der Waals surface area contributed by atoms with E-state index in [9.17, 15) is 0 Å². The average molecular weight is 289 g/mol. The third kappa shape index (κ3) is 3.11. The fraction of sp³-hybridized carbons (Fsp3) is 0.684. The predicted octanol–water partition coefficient (Wildman–Crippen LogP) is 4.75. The van der Waals surface area contributed by atoms with Crippen LogP contribution in [0.25, 0.3) is 0 Å². The molecule has 2 heteroatoms. The summed E-state index contributed by atoms with van der Waals surface area (Å²) >= 11 is 0. The molecule has 0 aliphatic heterocycles. The van der Waals surface area contributed by atoms with Crippen LogP contribution >= 0.6 is 0 Å². The van der Waals surface area contributed by atoms with Crippen molar-refractivity contribution in [3.05, 3.63) is 29.8 Å². The van der Waals surface area contributed by atoms with E-state index in [0.29, 0.717) is 17.4 Å². The van der Waals surface area contributed by atoms with Crippen LogP contribution in [0, 0.1) is 5.41 Å². The molecule has 1 fully saturated rings. The van der Waals surface area contributed by atoms with E-state index in [1.807, 2.05) is 0 Å². The van der Waals surface area contributed by atoms with Crippen molar-refractivity contribution >= 4 is 0 Å². The number of rotatable bonds is 7. The van der Waals surface area contributed by atoms with Gasteiger partial charge in [0.15, 0.2) is 0 Å². The molecule has 0 aromatic heterocycles. The van der Waals surface area contributed by atoms with Crippen LogP contribution in [0.3, 0.4) is 0 Å². The molecule has 0 heterocycles. The second-order valence-electron chi connectivity index (χ2n) is 6.57. The minimum atomic E-state index is 0.239. The van der Waals surface area contributed by atoms with Gasteiger partial charge < -0.3 is 10.1 Å². The Labute approximate surface area is 130 Å². The van der Waals surface area contributed by atoms with Crippen molar-refractivity contribution in [3.8, 4) is 5.75 Å². The zero-order chi connectivity index (χ0) is 15.5. The molecule has 1 aromatic carbocycles. The molecular formula is C19H31NO. The molecule has 0 spiro atoms. The van der Waals surface area contributed by atoms with E-state index < -0.39 is 0 Å². The maximum absolute atomic E-state index is 5.75. The third-order valence-electron chi connectivity index (χ3n) is 5.28. The molecule has 1 aromatic rings. The molecule has 0 bridgehead atoms. The van der Waals surface area contributed by atoms with Crippen molar-refractivity contribution in [2.75, 3.05) is 6.54 Å². The molecule has 2 rings (SSSR count). The Bertz CT molecular complexity index is 433. The first-order valence-electron chi connectivity index (χ1n) is 8.57. The highest BCUT2D eigenvalue weighted by Crippen LogP contribution is 2.57. The van der Waals surface area contributed by atoms with E-state index in [1.54, 1.807) is 0 Å².